The Kier molecular flexibility index (Phi) is 7.97. The molecule has 202 valence electrons. The first-order chi connectivity index (χ1) is 18.9. The van der Waals surface area contributed by atoms with Crippen LogP contribution in [0.4, 0.5) is 5.82 Å². The molecule has 2 aromatic carbocycles. The second kappa shape index (κ2) is 11.7. The number of hydrogen-bond donors (Lipinski definition) is 3. The first-order valence-electron chi connectivity index (χ1n) is 12.9. The number of hydrogen-bond acceptors (Lipinski definition) is 9. The van der Waals surface area contributed by atoms with E-state index >= 15 is 0 Å². The van der Waals surface area contributed by atoms with Crippen molar-refractivity contribution in [3.05, 3.63) is 90.0 Å². The lowest BCUT2D eigenvalue weighted by molar-refractivity contribution is -0.144. The Morgan fingerprint density at radius 1 is 1.10 bits per heavy atom. The van der Waals surface area contributed by atoms with Gasteiger partial charge in [-0.1, -0.05) is 67.1 Å². The van der Waals surface area contributed by atoms with E-state index in [0.29, 0.717) is 17.0 Å². The fourth-order valence-corrected chi connectivity index (χ4v) is 4.57. The van der Waals surface area contributed by atoms with Gasteiger partial charge in [-0.2, -0.15) is 0 Å². The number of aliphatic hydroxyl groups is 2. The van der Waals surface area contributed by atoms with Gasteiger partial charge in [-0.3, -0.25) is 4.57 Å². The maximum Gasteiger partial charge on any atom is 0.330 e. The number of imidazole rings is 1. The van der Waals surface area contributed by atoms with E-state index < -0.39 is 30.5 Å². The predicted octanol–water partition coefficient (Wildman–Crippen LogP) is 3.57. The fourth-order valence-electron chi connectivity index (χ4n) is 4.57. The summed E-state index contributed by atoms with van der Waals surface area (Å²) >= 11 is 0. The molecule has 4 aromatic rings. The van der Waals surface area contributed by atoms with Crippen molar-refractivity contribution >= 4 is 29.0 Å². The van der Waals surface area contributed by atoms with E-state index in [1.54, 1.807) is 10.6 Å². The van der Waals surface area contributed by atoms with Crippen LogP contribution in [0.2, 0.25) is 0 Å². The normalized spacial score (nSPS) is 21.8. The highest BCUT2D eigenvalue weighted by molar-refractivity contribution is 5.87. The molecule has 5 atom stereocenters. The number of rotatable bonds is 9. The summed E-state index contributed by atoms with van der Waals surface area (Å²) in [6.07, 6.45) is 2.23. The lowest BCUT2D eigenvalue weighted by Gasteiger charge is -2.19. The van der Waals surface area contributed by atoms with Gasteiger partial charge in [0.2, 0.25) is 0 Å². The Balaban J connectivity index is 1.27. The molecule has 1 aliphatic rings. The van der Waals surface area contributed by atoms with E-state index in [9.17, 15) is 15.0 Å². The predicted molar refractivity (Wildman–Crippen MR) is 146 cm³/mol. The monoisotopic (exact) mass is 529 g/mol. The van der Waals surface area contributed by atoms with E-state index in [0.717, 1.165) is 23.1 Å². The van der Waals surface area contributed by atoms with Crippen LogP contribution in [0.1, 0.15) is 42.3 Å². The average Bonchev–Trinajstić information content (AvgIpc) is 3.51. The van der Waals surface area contributed by atoms with E-state index in [1.165, 1.54) is 18.7 Å². The van der Waals surface area contributed by atoms with Crippen LogP contribution in [0, 0.1) is 6.92 Å². The van der Waals surface area contributed by atoms with E-state index in [-0.39, 0.29) is 12.6 Å². The van der Waals surface area contributed by atoms with Crippen molar-refractivity contribution in [2.24, 2.45) is 0 Å². The van der Waals surface area contributed by atoms with Crippen molar-refractivity contribution in [3.63, 3.8) is 0 Å². The number of benzene rings is 2. The van der Waals surface area contributed by atoms with Gasteiger partial charge in [0.05, 0.1) is 12.4 Å². The summed E-state index contributed by atoms with van der Waals surface area (Å²) in [5, 5.41) is 24.8. The number of aliphatic hydroxyl groups excluding tert-OH is 2. The van der Waals surface area contributed by atoms with Gasteiger partial charge in [0, 0.05) is 6.08 Å². The van der Waals surface area contributed by atoms with Crippen LogP contribution in [-0.2, 0) is 14.3 Å². The fraction of sp³-hybridized carbons (Fsp3) is 0.310. The third-order valence-electron chi connectivity index (χ3n) is 6.77. The number of fused-ring (bicyclic) bond motifs is 1. The minimum absolute atomic E-state index is 0.0173. The van der Waals surface area contributed by atoms with Crippen molar-refractivity contribution in [1.82, 2.24) is 19.5 Å². The zero-order valence-electron chi connectivity index (χ0n) is 21.7. The molecule has 1 aliphatic heterocycles. The SMILES string of the molecule is CC[C@H](Nc1ncnc2c1ncn2[C@@H]1O[C@H](COC(=O)/C=C/c2ccc(C)cc2)C(O)[C@@H]1O)c1ccccc1. The third kappa shape index (κ3) is 5.83. The molecule has 39 heavy (non-hydrogen) atoms. The lowest BCUT2D eigenvalue weighted by Crippen LogP contribution is -2.34. The van der Waals surface area contributed by atoms with Crippen molar-refractivity contribution in [2.75, 3.05) is 11.9 Å². The largest absolute Gasteiger partial charge is 0.460 e. The maximum atomic E-state index is 12.2. The third-order valence-corrected chi connectivity index (χ3v) is 6.77. The molecule has 3 N–H and O–H groups in total. The van der Waals surface area contributed by atoms with Gasteiger partial charge in [-0.15, -0.1) is 0 Å². The van der Waals surface area contributed by atoms with Crippen molar-refractivity contribution in [1.29, 1.82) is 0 Å². The summed E-state index contributed by atoms with van der Waals surface area (Å²) in [7, 11) is 0. The first kappa shape index (κ1) is 26.5. The molecular weight excluding hydrogens is 498 g/mol. The van der Waals surface area contributed by atoms with Crippen LogP contribution in [0.5, 0.6) is 0 Å². The molecular formula is C29H31N5O5. The smallest absolute Gasteiger partial charge is 0.330 e. The molecule has 0 amide bonds. The Hall–Kier alpha value is -4.12. The lowest BCUT2D eigenvalue weighted by atomic mass is 10.0. The van der Waals surface area contributed by atoms with Crippen LogP contribution in [0.25, 0.3) is 17.2 Å². The highest BCUT2D eigenvalue weighted by Gasteiger charge is 2.45. The summed E-state index contributed by atoms with van der Waals surface area (Å²) in [4.78, 5) is 25.4. The number of nitrogens with one attached hydrogen (secondary N) is 1. The second-order valence-corrected chi connectivity index (χ2v) is 9.48. The minimum atomic E-state index is -1.28. The second-order valence-electron chi connectivity index (χ2n) is 9.48. The number of aryl methyl sites for hydroxylation is 1. The molecule has 1 saturated heterocycles. The highest BCUT2D eigenvalue weighted by Crippen LogP contribution is 2.33. The van der Waals surface area contributed by atoms with Crippen LogP contribution in [0.15, 0.2) is 73.3 Å². The number of anilines is 1. The topological polar surface area (TPSA) is 132 Å². The quantitative estimate of drug-likeness (QED) is 0.220. The summed E-state index contributed by atoms with van der Waals surface area (Å²) in [5.41, 5.74) is 4.05. The number of carbonyl (C=O) groups is 1. The van der Waals surface area contributed by atoms with Crippen molar-refractivity contribution in [3.8, 4) is 0 Å². The Morgan fingerprint density at radius 2 is 1.87 bits per heavy atom. The molecule has 1 fully saturated rings. The zero-order valence-corrected chi connectivity index (χ0v) is 21.7. The maximum absolute atomic E-state index is 12.2. The van der Waals surface area contributed by atoms with Crippen LogP contribution in [-0.4, -0.2) is 60.6 Å². The van der Waals surface area contributed by atoms with Gasteiger partial charge in [0.25, 0.3) is 0 Å². The highest BCUT2D eigenvalue weighted by atomic mass is 16.6. The number of ether oxygens (including phenoxy) is 2. The number of nitrogens with zero attached hydrogens (tertiary/aromatic N) is 4. The molecule has 0 spiro atoms. The molecule has 5 rings (SSSR count). The molecule has 10 heteroatoms. The molecule has 3 heterocycles. The molecule has 0 bridgehead atoms. The van der Waals surface area contributed by atoms with Crippen molar-refractivity contribution in [2.45, 2.75) is 50.8 Å². The standard InChI is InChI=1S/C29H31N5O5/c1-3-21(20-7-5-4-6-8-20)33-27-24-28(31-16-30-27)34(17-32-24)29-26(37)25(36)22(39-29)15-38-23(35)14-13-19-11-9-18(2)10-12-19/h4-14,16-17,21-22,25-26,29,36-37H,3,15H2,1-2H3,(H,30,31,33)/b14-13+/t21-,22+,25?,26-,29+/m0/s1. The van der Waals surface area contributed by atoms with Crippen LogP contribution >= 0.6 is 0 Å². The van der Waals surface area contributed by atoms with E-state index in [2.05, 4.69) is 27.2 Å². The Bertz CT molecular complexity index is 1440. The van der Waals surface area contributed by atoms with Crippen LogP contribution < -0.4 is 5.32 Å². The van der Waals surface area contributed by atoms with Gasteiger partial charge < -0.3 is 25.0 Å². The summed E-state index contributed by atoms with van der Waals surface area (Å²) in [6.45, 7) is 3.84. The first-order valence-corrected chi connectivity index (χ1v) is 12.9. The van der Waals surface area contributed by atoms with Gasteiger partial charge in [0.1, 0.15) is 31.2 Å². The molecule has 10 nitrogen and oxygen atoms in total. The van der Waals surface area contributed by atoms with Crippen LogP contribution in [0.3, 0.4) is 0 Å². The molecule has 2 aromatic heterocycles. The molecule has 0 aliphatic carbocycles. The van der Waals surface area contributed by atoms with Gasteiger partial charge in [0.15, 0.2) is 23.2 Å². The van der Waals surface area contributed by atoms with Crippen molar-refractivity contribution < 1.29 is 24.5 Å². The number of aromatic nitrogens is 4. The number of carbonyl (C=O) groups excluding carboxylic acids is 1. The average molecular weight is 530 g/mol. The molecule has 0 saturated carbocycles. The zero-order chi connectivity index (χ0) is 27.4. The summed E-state index contributed by atoms with van der Waals surface area (Å²) in [6, 6.07) is 17.8. The molecule has 1 unspecified atom stereocenters. The summed E-state index contributed by atoms with van der Waals surface area (Å²) in [5.74, 6) is -0.0296. The summed E-state index contributed by atoms with van der Waals surface area (Å²) < 4.78 is 12.7. The van der Waals surface area contributed by atoms with Gasteiger partial charge in [-0.25, -0.2) is 19.7 Å². The van der Waals surface area contributed by atoms with Gasteiger partial charge >= 0.3 is 5.97 Å². The van der Waals surface area contributed by atoms with E-state index in [1.807, 2.05) is 61.5 Å². The molecule has 0 radical (unpaired) electrons. The minimum Gasteiger partial charge on any atom is -0.460 e. The Morgan fingerprint density at radius 3 is 2.62 bits per heavy atom. The number of esters is 1. The Labute approximate surface area is 226 Å². The van der Waals surface area contributed by atoms with E-state index in [4.69, 9.17) is 9.47 Å². The van der Waals surface area contributed by atoms with Gasteiger partial charge in [-0.05, 0) is 30.5 Å².